The number of thiophene rings is 1. The van der Waals surface area contributed by atoms with Gasteiger partial charge < -0.3 is 10.4 Å². The van der Waals surface area contributed by atoms with Crippen molar-refractivity contribution >= 4 is 29.2 Å². The van der Waals surface area contributed by atoms with Crippen LogP contribution in [0.5, 0.6) is 0 Å². The number of hydrogen-bond acceptors (Lipinski definition) is 4. The summed E-state index contributed by atoms with van der Waals surface area (Å²) in [6.45, 7) is 3.18. The number of urea groups is 1. The zero-order chi connectivity index (χ0) is 14.5. The largest absolute Gasteiger partial charge is 0.481 e. The van der Waals surface area contributed by atoms with Gasteiger partial charge in [0.1, 0.15) is 0 Å². The van der Waals surface area contributed by atoms with Gasteiger partial charge in [0.2, 0.25) is 5.91 Å². The van der Waals surface area contributed by atoms with Crippen molar-refractivity contribution < 1.29 is 19.5 Å². The van der Waals surface area contributed by atoms with Crippen molar-refractivity contribution in [1.82, 2.24) is 10.6 Å². The minimum Gasteiger partial charge on any atom is -0.481 e. The zero-order valence-corrected chi connectivity index (χ0v) is 11.5. The molecule has 0 aliphatic carbocycles. The third-order valence-electron chi connectivity index (χ3n) is 2.47. The SMILES string of the molecule is CC(C)(CC(=O)NC(=O)NCc1ccsc1)C(=O)O. The van der Waals surface area contributed by atoms with Gasteiger partial charge >= 0.3 is 12.0 Å². The zero-order valence-electron chi connectivity index (χ0n) is 10.7. The standard InChI is InChI=1S/C12H16N2O4S/c1-12(2,10(16)17)5-9(15)14-11(18)13-6-8-3-4-19-7-8/h3-4,7H,5-6H2,1-2H3,(H,16,17)(H2,13,14,15,18). The summed E-state index contributed by atoms with van der Waals surface area (Å²) in [4.78, 5) is 33.8. The number of aliphatic carboxylic acids is 1. The average molecular weight is 284 g/mol. The van der Waals surface area contributed by atoms with E-state index >= 15 is 0 Å². The van der Waals surface area contributed by atoms with E-state index in [1.165, 1.54) is 25.2 Å². The summed E-state index contributed by atoms with van der Waals surface area (Å²) in [5.41, 5.74) is -0.254. The number of carboxylic acid groups (broad SMARTS) is 1. The number of carboxylic acids is 1. The van der Waals surface area contributed by atoms with Crippen LogP contribution >= 0.6 is 11.3 Å². The molecule has 0 atom stereocenters. The Morgan fingerprint density at radius 2 is 2.05 bits per heavy atom. The molecular weight excluding hydrogens is 268 g/mol. The minimum absolute atomic E-state index is 0.256. The molecule has 0 saturated heterocycles. The molecule has 0 unspecified atom stereocenters. The molecule has 0 fully saturated rings. The van der Waals surface area contributed by atoms with Crippen LogP contribution in [-0.4, -0.2) is 23.0 Å². The molecule has 104 valence electrons. The maximum Gasteiger partial charge on any atom is 0.321 e. The lowest BCUT2D eigenvalue weighted by molar-refractivity contribution is -0.149. The molecule has 19 heavy (non-hydrogen) atoms. The second kappa shape index (κ2) is 6.33. The second-order valence-corrected chi connectivity index (χ2v) is 5.51. The predicted octanol–water partition coefficient (Wildman–Crippen LogP) is 1.57. The normalized spacial score (nSPS) is 10.8. The molecule has 0 bridgehead atoms. The first-order valence-corrected chi connectivity index (χ1v) is 6.58. The summed E-state index contributed by atoms with van der Waals surface area (Å²) in [7, 11) is 0. The molecule has 3 N–H and O–H groups in total. The average Bonchev–Trinajstić information content (AvgIpc) is 2.77. The Kier molecular flexibility index (Phi) is 5.05. The van der Waals surface area contributed by atoms with Crippen LogP contribution in [0.3, 0.4) is 0 Å². The molecular formula is C12H16N2O4S. The molecule has 1 rings (SSSR count). The van der Waals surface area contributed by atoms with E-state index in [1.54, 1.807) is 0 Å². The van der Waals surface area contributed by atoms with Crippen LogP contribution in [0.1, 0.15) is 25.8 Å². The number of hydrogen-bond donors (Lipinski definition) is 3. The van der Waals surface area contributed by atoms with Crippen LogP contribution in [0.15, 0.2) is 16.8 Å². The molecule has 1 aromatic heterocycles. The van der Waals surface area contributed by atoms with Crippen molar-refractivity contribution in [2.75, 3.05) is 0 Å². The maximum absolute atomic E-state index is 11.5. The van der Waals surface area contributed by atoms with E-state index < -0.39 is 23.3 Å². The first kappa shape index (κ1) is 15.2. The van der Waals surface area contributed by atoms with Crippen LogP contribution in [0.4, 0.5) is 4.79 Å². The fourth-order valence-electron chi connectivity index (χ4n) is 1.27. The van der Waals surface area contributed by atoms with Crippen LogP contribution < -0.4 is 10.6 Å². The van der Waals surface area contributed by atoms with Gasteiger partial charge in [-0.2, -0.15) is 11.3 Å². The van der Waals surface area contributed by atoms with Crippen LogP contribution in [0.25, 0.3) is 0 Å². The summed E-state index contributed by atoms with van der Waals surface area (Å²) in [5.74, 6) is -1.70. The predicted molar refractivity (Wildman–Crippen MR) is 70.7 cm³/mol. The van der Waals surface area contributed by atoms with Crippen molar-refractivity contribution in [2.45, 2.75) is 26.8 Å². The van der Waals surface area contributed by atoms with E-state index in [0.717, 1.165) is 5.56 Å². The highest BCUT2D eigenvalue weighted by Crippen LogP contribution is 2.19. The maximum atomic E-state index is 11.5. The third-order valence-corrected chi connectivity index (χ3v) is 3.20. The molecule has 0 radical (unpaired) electrons. The Hall–Kier alpha value is -1.89. The molecule has 6 nitrogen and oxygen atoms in total. The number of imide groups is 1. The highest BCUT2D eigenvalue weighted by Gasteiger charge is 2.30. The topological polar surface area (TPSA) is 95.5 Å². The monoisotopic (exact) mass is 284 g/mol. The minimum atomic E-state index is -1.20. The van der Waals surface area contributed by atoms with E-state index in [4.69, 9.17) is 5.11 Å². The Labute approximate surface area is 114 Å². The Balaban J connectivity index is 2.36. The van der Waals surface area contributed by atoms with Gasteiger partial charge in [0.25, 0.3) is 0 Å². The molecule has 0 saturated carbocycles. The Bertz CT molecular complexity index is 468. The Morgan fingerprint density at radius 3 is 2.58 bits per heavy atom. The van der Waals surface area contributed by atoms with Crippen LogP contribution in [-0.2, 0) is 16.1 Å². The fourth-order valence-corrected chi connectivity index (χ4v) is 1.94. The Morgan fingerprint density at radius 1 is 1.37 bits per heavy atom. The summed E-state index contributed by atoms with van der Waals surface area (Å²) >= 11 is 1.51. The van der Waals surface area contributed by atoms with E-state index in [9.17, 15) is 14.4 Å². The number of nitrogens with one attached hydrogen (secondary N) is 2. The van der Waals surface area contributed by atoms with E-state index in [2.05, 4.69) is 10.6 Å². The molecule has 1 heterocycles. The molecule has 3 amide bonds. The van der Waals surface area contributed by atoms with Crippen molar-refractivity contribution in [3.63, 3.8) is 0 Å². The molecule has 0 spiro atoms. The van der Waals surface area contributed by atoms with Gasteiger partial charge in [-0.1, -0.05) is 0 Å². The molecule has 0 aliphatic heterocycles. The third kappa shape index (κ3) is 5.09. The van der Waals surface area contributed by atoms with Crippen molar-refractivity contribution in [2.24, 2.45) is 5.41 Å². The van der Waals surface area contributed by atoms with Gasteiger partial charge in [-0.3, -0.25) is 14.9 Å². The summed E-state index contributed by atoms with van der Waals surface area (Å²) in [6.07, 6.45) is -0.256. The number of carbonyl (C=O) groups excluding carboxylic acids is 2. The van der Waals surface area contributed by atoms with Gasteiger partial charge in [-0.05, 0) is 36.2 Å². The number of amides is 3. The fraction of sp³-hybridized carbons (Fsp3) is 0.417. The molecule has 1 aromatic rings. The van der Waals surface area contributed by atoms with Crippen LogP contribution in [0.2, 0.25) is 0 Å². The lowest BCUT2D eigenvalue weighted by Crippen LogP contribution is -2.41. The molecule has 7 heteroatoms. The smallest absolute Gasteiger partial charge is 0.321 e. The van der Waals surface area contributed by atoms with Gasteiger partial charge in [0.15, 0.2) is 0 Å². The quantitative estimate of drug-likeness (QED) is 0.765. The second-order valence-electron chi connectivity index (χ2n) is 4.73. The molecule has 0 aliphatic rings. The number of rotatable bonds is 5. The van der Waals surface area contributed by atoms with Crippen molar-refractivity contribution in [3.05, 3.63) is 22.4 Å². The van der Waals surface area contributed by atoms with Gasteiger partial charge in [0, 0.05) is 13.0 Å². The summed E-state index contributed by atoms with van der Waals surface area (Å²) < 4.78 is 0. The van der Waals surface area contributed by atoms with Crippen molar-refractivity contribution in [1.29, 1.82) is 0 Å². The van der Waals surface area contributed by atoms with Gasteiger partial charge in [-0.15, -0.1) is 0 Å². The van der Waals surface area contributed by atoms with Crippen molar-refractivity contribution in [3.8, 4) is 0 Å². The first-order chi connectivity index (χ1) is 8.81. The van der Waals surface area contributed by atoms with E-state index in [0.29, 0.717) is 6.54 Å². The molecule has 0 aromatic carbocycles. The van der Waals surface area contributed by atoms with Gasteiger partial charge in [-0.25, -0.2) is 4.79 Å². The van der Waals surface area contributed by atoms with E-state index in [-0.39, 0.29) is 6.42 Å². The number of carbonyl (C=O) groups is 3. The lowest BCUT2D eigenvalue weighted by Gasteiger charge is -2.17. The summed E-state index contributed by atoms with van der Waals surface area (Å²) in [5, 5.41) is 17.3. The van der Waals surface area contributed by atoms with Gasteiger partial charge in [0.05, 0.1) is 5.41 Å². The highest BCUT2D eigenvalue weighted by molar-refractivity contribution is 7.07. The van der Waals surface area contributed by atoms with Crippen LogP contribution in [0, 0.1) is 5.41 Å². The lowest BCUT2D eigenvalue weighted by atomic mass is 9.89. The van der Waals surface area contributed by atoms with E-state index in [1.807, 2.05) is 16.8 Å². The summed E-state index contributed by atoms with van der Waals surface area (Å²) in [6, 6.07) is 1.23. The highest BCUT2D eigenvalue weighted by atomic mass is 32.1. The first-order valence-electron chi connectivity index (χ1n) is 5.63.